The molecule has 0 unspecified atom stereocenters. The Hall–Kier alpha value is -1.32. The van der Waals surface area contributed by atoms with Crippen LogP contribution in [-0.2, 0) is 0 Å². The SMILES string of the molecule is CC1(C)[C@@H]2C[C@H]3[C@@H](C(C#N)=C2C#N)[C@@H]1CC[C@@]3(C)O. The van der Waals surface area contributed by atoms with E-state index in [-0.39, 0.29) is 23.2 Å². The van der Waals surface area contributed by atoms with Crippen molar-refractivity contribution >= 4 is 0 Å². The van der Waals surface area contributed by atoms with Crippen LogP contribution in [0.1, 0.15) is 40.0 Å². The van der Waals surface area contributed by atoms with E-state index in [0.717, 1.165) is 19.3 Å². The smallest absolute Gasteiger partial charge is 0.0960 e. The van der Waals surface area contributed by atoms with Crippen molar-refractivity contribution in [3.05, 3.63) is 11.1 Å². The molecule has 19 heavy (non-hydrogen) atoms. The van der Waals surface area contributed by atoms with Crippen LogP contribution in [0, 0.1) is 51.7 Å². The Labute approximate surface area is 114 Å². The minimum Gasteiger partial charge on any atom is -0.390 e. The number of hydrogen-bond acceptors (Lipinski definition) is 3. The van der Waals surface area contributed by atoms with Crippen molar-refractivity contribution in [3.8, 4) is 12.1 Å². The molecule has 4 aliphatic rings. The van der Waals surface area contributed by atoms with Gasteiger partial charge in [0.1, 0.15) is 0 Å². The molecule has 0 aromatic heterocycles. The van der Waals surface area contributed by atoms with Gasteiger partial charge in [-0.15, -0.1) is 0 Å². The van der Waals surface area contributed by atoms with Gasteiger partial charge in [0.05, 0.1) is 17.7 Å². The number of aliphatic hydroxyl groups is 1. The maximum Gasteiger partial charge on any atom is 0.0960 e. The van der Waals surface area contributed by atoms with E-state index < -0.39 is 5.60 Å². The summed E-state index contributed by atoms with van der Waals surface area (Å²) in [5.41, 5.74) is 0.762. The first-order chi connectivity index (χ1) is 8.84. The molecule has 0 aromatic rings. The Bertz CT molecular complexity index is 542. The van der Waals surface area contributed by atoms with Crippen molar-refractivity contribution in [2.45, 2.75) is 45.6 Å². The molecule has 100 valence electrons. The fourth-order valence-electron chi connectivity index (χ4n) is 5.06. The van der Waals surface area contributed by atoms with Crippen LogP contribution < -0.4 is 0 Å². The molecule has 0 heterocycles. The molecule has 3 heteroatoms. The van der Waals surface area contributed by atoms with Crippen molar-refractivity contribution in [1.29, 1.82) is 10.5 Å². The second-order valence-electron chi connectivity index (χ2n) is 7.30. The molecule has 3 nitrogen and oxygen atoms in total. The van der Waals surface area contributed by atoms with Gasteiger partial charge in [-0.25, -0.2) is 0 Å². The molecule has 0 aliphatic heterocycles. The summed E-state index contributed by atoms with van der Waals surface area (Å²) in [5, 5.41) is 29.5. The van der Waals surface area contributed by atoms with Gasteiger partial charge < -0.3 is 5.11 Å². The van der Waals surface area contributed by atoms with Gasteiger partial charge in [0.25, 0.3) is 0 Å². The lowest BCUT2D eigenvalue weighted by Gasteiger charge is -2.62. The average molecular weight is 256 g/mol. The van der Waals surface area contributed by atoms with E-state index in [0.29, 0.717) is 17.1 Å². The molecule has 0 saturated heterocycles. The molecule has 4 bridgehead atoms. The van der Waals surface area contributed by atoms with E-state index in [9.17, 15) is 15.6 Å². The van der Waals surface area contributed by atoms with Gasteiger partial charge >= 0.3 is 0 Å². The van der Waals surface area contributed by atoms with Gasteiger partial charge in [-0.1, -0.05) is 13.8 Å². The zero-order valence-electron chi connectivity index (χ0n) is 11.8. The number of allylic oxidation sites excluding steroid dienone is 2. The van der Waals surface area contributed by atoms with Gasteiger partial charge in [0, 0.05) is 23.0 Å². The molecular weight excluding hydrogens is 236 g/mol. The highest BCUT2D eigenvalue weighted by molar-refractivity contribution is 5.47. The minimum atomic E-state index is -0.682. The molecule has 4 aliphatic carbocycles. The highest BCUT2D eigenvalue weighted by Crippen LogP contribution is 2.65. The topological polar surface area (TPSA) is 67.8 Å². The maximum absolute atomic E-state index is 10.6. The van der Waals surface area contributed by atoms with Crippen LogP contribution in [-0.4, -0.2) is 10.7 Å². The van der Waals surface area contributed by atoms with Gasteiger partial charge in [-0.2, -0.15) is 10.5 Å². The summed E-state index contributed by atoms with van der Waals surface area (Å²) in [6.07, 6.45) is 2.63. The third-order valence-electron chi connectivity index (χ3n) is 6.18. The fraction of sp³-hybridized carbons (Fsp3) is 0.750. The number of nitrogens with zero attached hydrogens (tertiary/aromatic N) is 2. The maximum atomic E-state index is 10.6. The molecule has 0 radical (unpaired) electrons. The molecule has 1 N–H and O–H groups in total. The molecule has 5 atom stereocenters. The van der Waals surface area contributed by atoms with E-state index in [4.69, 9.17) is 0 Å². The Morgan fingerprint density at radius 1 is 1.11 bits per heavy atom. The Kier molecular flexibility index (Phi) is 2.42. The lowest BCUT2D eigenvalue weighted by atomic mass is 9.42. The third kappa shape index (κ3) is 1.40. The highest BCUT2D eigenvalue weighted by atomic mass is 16.3. The van der Waals surface area contributed by atoms with Crippen LogP contribution in [0.3, 0.4) is 0 Å². The van der Waals surface area contributed by atoms with Gasteiger partial charge in [-0.3, -0.25) is 0 Å². The number of hydrogen-bond donors (Lipinski definition) is 1. The molecule has 4 rings (SSSR count). The first kappa shape index (κ1) is 12.7. The van der Waals surface area contributed by atoms with Crippen molar-refractivity contribution in [2.24, 2.45) is 29.1 Å². The largest absolute Gasteiger partial charge is 0.390 e. The van der Waals surface area contributed by atoms with E-state index in [1.807, 2.05) is 6.92 Å². The summed E-state index contributed by atoms with van der Waals surface area (Å²) < 4.78 is 0. The van der Waals surface area contributed by atoms with Crippen LogP contribution in [0.2, 0.25) is 0 Å². The highest BCUT2D eigenvalue weighted by Gasteiger charge is 2.62. The third-order valence-corrected chi connectivity index (χ3v) is 6.18. The zero-order valence-corrected chi connectivity index (χ0v) is 11.8. The van der Waals surface area contributed by atoms with Gasteiger partial charge in [0.2, 0.25) is 0 Å². The summed E-state index contributed by atoms with van der Waals surface area (Å²) in [5.74, 6) is 0.807. The Balaban J connectivity index is 2.21. The van der Waals surface area contributed by atoms with E-state index in [1.165, 1.54) is 0 Å². The molecule has 0 spiro atoms. The van der Waals surface area contributed by atoms with Crippen molar-refractivity contribution in [1.82, 2.24) is 0 Å². The lowest BCUT2D eigenvalue weighted by Crippen LogP contribution is -2.60. The van der Waals surface area contributed by atoms with E-state index >= 15 is 0 Å². The summed E-state index contributed by atoms with van der Waals surface area (Å²) in [6, 6.07) is 4.57. The molecule has 0 aromatic carbocycles. The predicted octanol–water partition coefficient (Wildman–Crippen LogP) is 2.78. The zero-order chi connectivity index (χ0) is 14.0. The number of rotatable bonds is 0. The Morgan fingerprint density at radius 3 is 2.32 bits per heavy atom. The van der Waals surface area contributed by atoms with Crippen LogP contribution in [0.4, 0.5) is 0 Å². The molecule has 2 fully saturated rings. The average Bonchev–Trinajstić information content (AvgIpc) is 2.35. The normalized spacial score (nSPS) is 46.6. The van der Waals surface area contributed by atoms with E-state index in [2.05, 4.69) is 26.0 Å². The Morgan fingerprint density at radius 2 is 1.74 bits per heavy atom. The summed E-state index contributed by atoms with van der Waals surface area (Å²) in [4.78, 5) is 0. The molecule has 2 saturated carbocycles. The van der Waals surface area contributed by atoms with Gasteiger partial charge in [-0.05, 0) is 43.4 Å². The minimum absolute atomic E-state index is 0.0725. The van der Waals surface area contributed by atoms with Gasteiger partial charge in [0.15, 0.2) is 0 Å². The van der Waals surface area contributed by atoms with Crippen LogP contribution in [0.5, 0.6) is 0 Å². The predicted molar refractivity (Wildman–Crippen MR) is 70.5 cm³/mol. The summed E-state index contributed by atoms with van der Waals surface area (Å²) in [7, 11) is 0. The monoisotopic (exact) mass is 256 g/mol. The van der Waals surface area contributed by atoms with Crippen molar-refractivity contribution < 1.29 is 5.11 Å². The van der Waals surface area contributed by atoms with Crippen LogP contribution in [0.25, 0.3) is 0 Å². The van der Waals surface area contributed by atoms with Crippen molar-refractivity contribution in [3.63, 3.8) is 0 Å². The van der Waals surface area contributed by atoms with Crippen LogP contribution >= 0.6 is 0 Å². The second-order valence-corrected chi connectivity index (χ2v) is 7.30. The van der Waals surface area contributed by atoms with Crippen molar-refractivity contribution in [2.75, 3.05) is 0 Å². The number of nitriles is 2. The molecule has 0 amide bonds. The fourth-order valence-corrected chi connectivity index (χ4v) is 5.06. The first-order valence-corrected chi connectivity index (χ1v) is 7.11. The summed E-state index contributed by atoms with van der Waals surface area (Å²) >= 11 is 0. The standard InChI is InChI=1S/C16H20N2O/c1-15(2)11-4-5-16(3,19)13-6-12(15)9(7-17)10(8-18)14(11)13/h11-14,19H,4-6H2,1-3H3/t11-,12+,13-,14-,16+/m0/s1. The lowest BCUT2D eigenvalue weighted by molar-refractivity contribution is -0.147. The first-order valence-electron chi connectivity index (χ1n) is 7.11. The summed E-state index contributed by atoms with van der Waals surface area (Å²) in [6.45, 7) is 6.37. The van der Waals surface area contributed by atoms with Crippen LogP contribution in [0.15, 0.2) is 11.1 Å². The van der Waals surface area contributed by atoms with E-state index in [1.54, 1.807) is 0 Å². The second kappa shape index (κ2) is 3.62. The quantitative estimate of drug-likeness (QED) is 0.724. The molecular formula is C16H20N2O.